The first-order chi connectivity index (χ1) is 5.91. The second-order valence-electron chi connectivity index (χ2n) is 2.14. The fraction of sp³-hybridized carbons (Fsp3) is 0.500. The quantitative estimate of drug-likeness (QED) is 0.646. The van der Waals surface area contributed by atoms with Crippen LogP contribution in [0.3, 0.4) is 0 Å². The SMILES string of the molecule is COC(=O)N(C(=O)O)C(C)C(=O)O. The van der Waals surface area contributed by atoms with Gasteiger partial charge in [0.2, 0.25) is 0 Å². The van der Waals surface area contributed by atoms with E-state index in [1.807, 2.05) is 0 Å². The van der Waals surface area contributed by atoms with Crippen LogP contribution in [0, 0.1) is 0 Å². The van der Waals surface area contributed by atoms with E-state index in [1.54, 1.807) is 0 Å². The zero-order valence-corrected chi connectivity index (χ0v) is 7.05. The summed E-state index contributed by atoms with van der Waals surface area (Å²) in [6, 6.07) is -1.47. The minimum Gasteiger partial charge on any atom is -0.480 e. The highest BCUT2D eigenvalue weighted by molar-refractivity contribution is 5.92. The van der Waals surface area contributed by atoms with Crippen molar-refractivity contribution in [3.05, 3.63) is 0 Å². The van der Waals surface area contributed by atoms with E-state index in [9.17, 15) is 14.4 Å². The van der Waals surface area contributed by atoms with Crippen molar-refractivity contribution in [2.45, 2.75) is 13.0 Å². The number of carboxylic acids is 1. The van der Waals surface area contributed by atoms with Crippen molar-refractivity contribution in [1.82, 2.24) is 4.90 Å². The van der Waals surface area contributed by atoms with E-state index in [0.717, 1.165) is 14.0 Å². The molecule has 7 heteroatoms. The van der Waals surface area contributed by atoms with Crippen LogP contribution in [0.1, 0.15) is 6.92 Å². The Morgan fingerprint density at radius 2 is 1.77 bits per heavy atom. The lowest BCUT2D eigenvalue weighted by molar-refractivity contribution is -0.141. The minimum atomic E-state index is -1.67. The number of methoxy groups -OCH3 is 1. The van der Waals surface area contributed by atoms with Crippen LogP contribution in [0.5, 0.6) is 0 Å². The maximum absolute atomic E-state index is 10.8. The van der Waals surface area contributed by atoms with Crippen LogP contribution in [0.4, 0.5) is 9.59 Å². The average molecular weight is 191 g/mol. The van der Waals surface area contributed by atoms with E-state index in [0.29, 0.717) is 0 Å². The highest BCUT2D eigenvalue weighted by Crippen LogP contribution is 2.02. The predicted octanol–water partition coefficient (Wildman–Crippen LogP) is 0.206. The number of ether oxygens (including phenoxy) is 1. The first kappa shape index (κ1) is 11.2. The van der Waals surface area contributed by atoms with E-state index in [1.165, 1.54) is 0 Å². The van der Waals surface area contributed by atoms with Gasteiger partial charge in [-0.3, -0.25) is 0 Å². The molecule has 0 saturated carbocycles. The number of carbonyl (C=O) groups excluding carboxylic acids is 1. The Kier molecular flexibility index (Phi) is 3.70. The molecule has 0 fully saturated rings. The second-order valence-corrected chi connectivity index (χ2v) is 2.14. The number of amides is 2. The van der Waals surface area contributed by atoms with Gasteiger partial charge >= 0.3 is 18.2 Å². The van der Waals surface area contributed by atoms with Crippen LogP contribution in [-0.4, -0.2) is 46.4 Å². The summed E-state index contributed by atoms with van der Waals surface area (Å²) in [6.07, 6.45) is -2.89. The van der Waals surface area contributed by atoms with E-state index in [2.05, 4.69) is 4.74 Å². The van der Waals surface area contributed by atoms with Gasteiger partial charge in [-0.05, 0) is 6.92 Å². The lowest BCUT2D eigenvalue weighted by Gasteiger charge is -2.19. The van der Waals surface area contributed by atoms with Gasteiger partial charge in [0, 0.05) is 0 Å². The first-order valence-electron chi connectivity index (χ1n) is 3.24. The third-order valence-corrected chi connectivity index (χ3v) is 1.32. The number of carbonyl (C=O) groups is 3. The van der Waals surface area contributed by atoms with Crippen LogP contribution in [0.15, 0.2) is 0 Å². The molecule has 0 aromatic carbocycles. The molecule has 0 aromatic heterocycles. The Morgan fingerprint density at radius 1 is 1.31 bits per heavy atom. The molecular formula is C6H9NO6. The molecule has 0 rings (SSSR count). The third kappa shape index (κ3) is 2.62. The number of nitrogens with zero attached hydrogens (tertiary/aromatic N) is 1. The van der Waals surface area contributed by atoms with Gasteiger partial charge in [0.15, 0.2) is 0 Å². The van der Waals surface area contributed by atoms with Crippen molar-refractivity contribution >= 4 is 18.2 Å². The Morgan fingerprint density at radius 3 is 2.00 bits per heavy atom. The van der Waals surface area contributed by atoms with Crippen molar-refractivity contribution in [1.29, 1.82) is 0 Å². The average Bonchev–Trinajstić information content (AvgIpc) is 2.03. The van der Waals surface area contributed by atoms with Gasteiger partial charge in [-0.2, -0.15) is 4.90 Å². The zero-order valence-electron chi connectivity index (χ0n) is 7.05. The number of hydrogen-bond acceptors (Lipinski definition) is 4. The summed E-state index contributed by atoms with van der Waals surface area (Å²) in [5, 5.41) is 16.9. The van der Waals surface area contributed by atoms with Crippen LogP contribution in [0.25, 0.3) is 0 Å². The molecule has 0 spiro atoms. The molecule has 0 saturated heterocycles. The molecule has 13 heavy (non-hydrogen) atoms. The normalized spacial score (nSPS) is 11.5. The fourth-order valence-corrected chi connectivity index (χ4v) is 0.611. The Bertz CT molecular complexity index is 237. The van der Waals surface area contributed by atoms with Crippen molar-refractivity contribution in [3.8, 4) is 0 Å². The Hall–Kier alpha value is -1.79. The Balaban J connectivity index is 4.71. The number of imide groups is 1. The fourth-order valence-electron chi connectivity index (χ4n) is 0.611. The molecule has 0 radical (unpaired) electrons. The summed E-state index contributed by atoms with van der Waals surface area (Å²) in [5.41, 5.74) is 0. The highest BCUT2D eigenvalue weighted by atomic mass is 16.6. The molecule has 0 aliphatic rings. The van der Waals surface area contributed by atoms with Crippen LogP contribution in [0.2, 0.25) is 0 Å². The number of aliphatic carboxylic acids is 1. The van der Waals surface area contributed by atoms with E-state index in [-0.39, 0.29) is 4.90 Å². The summed E-state index contributed by atoms with van der Waals surface area (Å²) in [6.45, 7) is 1.06. The van der Waals surface area contributed by atoms with Gasteiger partial charge in [-0.25, -0.2) is 14.4 Å². The van der Waals surface area contributed by atoms with Crippen molar-refractivity contribution in [3.63, 3.8) is 0 Å². The molecule has 1 atom stereocenters. The molecule has 2 amide bonds. The molecule has 0 aromatic rings. The smallest absolute Gasteiger partial charge is 0.419 e. The molecule has 74 valence electrons. The van der Waals surface area contributed by atoms with Gasteiger partial charge in [-0.15, -0.1) is 0 Å². The molecule has 0 aliphatic carbocycles. The molecule has 0 bridgehead atoms. The largest absolute Gasteiger partial charge is 0.480 e. The van der Waals surface area contributed by atoms with Gasteiger partial charge in [0.25, 0.3) is 0 Å². The zero-order chi connectivity index (χ0) is 10.6. The maximum atomic E-state index is 10.8. The first-order valence-corrected chi connectivity index (χ1v) is 3.24. The number of carboxylic acid groups (broad SMARTS) is 2. The second kappa shape index (κ2) is 4.29. The van der Waals surface area contributed by atoms with Crippen molar-refractivity contribution in [2.75, 3.05) is 7.11 Å². The summed E-state index contributed by atoms with van der Waals surface area (Å²) in [7, 11) is 0.965. The monoisotopic (exact) mass is 191 g/mol. The molecule has 0 aliphatic heterocycles. The summed E-state index contributed by atoms with van der Waals surface area (Å²) >= 11 is 0. The summed E-state index contributed by atoms with van der Waals surface area (Å²) < 4.78 is 4.09. The predicted molar refractivity (Wildman–Crippen MR) is 39.4 cm³/mol. The van der Waals surface area contributed by atoms with Crippen molar-refractivity contribution in [2.24, 2.45) is 0 Å². The molecular weight excluding hydrogens is 182 g/mol. The third-order valence-electron chi connectivity index (χ3n) is 1.32. The minimum absolute atomic E-state index is 0.0856. The summed E-state index contributed by atoms with van der Waals surface area (Å²) in [4.78, 5) is 31.6. The van der Waals surface area contributed by atoms with Gasteiger partial charge in [0.05, 0.1) is 7.11 Å². The molecule has 1 unspecified atom stereocenters. The lowest BCUT2D eigenvalue weighted by Crippen LogP contribution is -2.46. The highest BCUT2D eigenvalue weighted by Gasteiger charge is 2.31. The van der Waals surface area contributed by atoms with Crippen LogP contribution in [-0.2, 0) is 9.53 Å². The molecule has 0 heterocycles. The molecule has 2 N–H and O–H groups in total. The van der Waals surface area contributed by atoms with E-state index in [4.69, 9.17) is 10.2 Å². The standard InChI is InChI=1S/C6H9NO6/c1-3(4(8)9)7(5(10)11)6(12)13-2/h3H,1-2H3,(H,8,9)(H,10,11). The van der Waals surface area contributed by atoms with Crippen molar-refractivity contribution < 1.29 is 29.3 Å². The lowest BCUT2D eigenvalue weighted by atomic mass is 10.3. The number of rotatable bonds is 2. The van der Waals surface area contributed by atoms with Crippen LogP contribution >= 0.6 is 0 Å². The van der Waals surface area contributed by atoms with E-state index >= 15 is 0 Å². The maximum Gasteiger partial charge on any atom is 0.419 e. The molecule has 7 nitrogen and oxygen atoms in total. The van der Waals surface area contributed by atoms with Gasteiger partial charge in [-0.1, -0.05) is 0 Å². The summed E-state index contributed by atoms with van der Waals surface area (Å²) in [5.74, 6) is -1.42. The van der Waals surface area contributed by atoms with Crippen LogP contribution < -0.4 is 0 Å². The Labute approximate surface area is 73.5 Å². The van der Waals surface area contributed by atoms with Gasteiger partial charge in [0.1, 0.15) is 6.04 Å². The van der Waals surface area contributed by atoms with E-state index < -0.39 is 24.2 Å². The topological polar surface area (TPSA) is 104 Å². The number of hydrogen-bond donors (Lipinski definition) is 2. The van der Waals surface area contributed by atoms with Gasteiger partial charge < -0.3 is 14.9 Å².